The van der Waals surface area contributed by atoms with E-state index in [-0.39, 0.29) is 92.8 Å². The van der Waals surface area contributed by atoms with Gasteiger partial charge < -0.3 is 46.1 Å². The maximum absolute atomic E-state index is 8.89. The summed E-state index contributed by atoms with van der Waals surface area (Å²) in [6, 6.07) is 0. The number of rotatable bonds is 0. The quantitative estimate of drug-likeness (QED) is 0.284. The maximum Gasteiger partial charge on any atom is 3.00 e. The van der Waals surface area contributed by atoms with Crippen molar-refractivity contribution in [1.29, 1.82) is 0 Å². The summed E-state index contributed by atoms with van der Waals surface area (Å²) in [6.07, 6.45) is 0. The minimum absolute atomic E-state index is 0. The summed E-state index contributed by atoms with van der Waals surface area (Å²) in [5.74, 6) is -3.25. The number of carboxylic acids is 3. The van der Waals surface area contributed by atoms with Gasteiger partial charge in [-0.1, -0.05) is 0 Å². The van der Waals surface area contributed by atoms with E-state index in [0.717, 1.165) is 20.8 Å². The summed E-state index contributed by atoms with van der Waals surface area (Å²) in [6.45, 7) is 2.92. The third-order valence-electron chi connectivity index (χ3n) is 0. The second-order valence-electron chi connectivity index (χ2n) is 1.47. The zero-order valence-corrected chi connectivity index (χ0v) is 13.0. The molecule has 0 saturated carbocycles. The Morgan fingerprint density at radius 3 is 0.588 bits per heavy atom. The SMILES string of the molecule is CC(=O)[O-].CC(=O)[O-].CC(=O)[O-].[Dy+3].[Dy+3].[OH-].[OH-].[OH-]. The number of aliphatic carboxylic acids is 3. The summed E-state index contributed by atoms with van der Waals surface area (Å²) in [4.78, 5) is 26.7. The van der Waals surface area contributed by atoms with Crippen molar-refractivity contribution in [2.45, 2.75) is 20.8 Å². The fourth-order valence-electron chi connectivity index (χ4n) is 0. The first-order valence-electron chi connectivity index (χ1n) is 2.72. The van der Waals surface area contributed by atoms with E-state index in [9.17, 15) is 0 Å². The van der Waals surface area contributed by atoms with E-state index in [1.165, 1.54) is 0 Å². The molecule has 0 unspecified atom stereocenters. The van der Waals surface area contributed by atoms with E-state index < -0.39 is 17.9 Å². The molecule has 0 aromatic carbocycles. The Kier molecular flexibility index (Phi) is 134. The molecule has 0 aliphatic rings. The van der Waals surface area contributed by atoms with Gasteiger partial charge in [0, 0.05) is 17.9 Å². The molecule has 0 atom stereocenters. The molecule has 0 aromatic rings. The van der Waals surface area contributed by atoms with Crippen LogP contribution in [0.5, 0.6) is 0 Å². The molecule has 0 aliphatic carbocycles. The summed E-state index contributed by atoms with van der Waals surface area (Å²) in [5, 5.41) is 26.7. The first-order chi connectivity index (χ1) is 5.20. The van der Waals surface area contributed by atoms with Crippen LogP contribution >= 0.6 is 0 Å². The molecule has 0 bridgehead atoms. The van der Waals surface area contributed by atoms with Crippen molar-refractivity contribution in [3.63, 3.8) is 0 Å². The molecule has 0 saturated heterocycles. The van der Waals surface area contributed by atoms with E-state index in [1.54, 1.807) is 0 Å². The van der Waals surface area contributed by atoms with E-state index in [0.29, 0.717) is 0 Å². The second kappa shape index (κ2) is 43.6. The van der Waals surface area contributed by atoms with Crippen LogP contribution in [0.4, 0.5) is 0 Å². The molecule has 9 nitrogen and oxygen atoms in total. The Bertz CT molecular complexity index is 121. The number of carbonyl (C=O) groups excluding carboxylic acids is 3. The van der Waals surface area contributed by atoms with E-state index in [1.807, 2.05) is 0 Å². The van der Waals surface area contributed by atoms with Gasteiger partial charge in [-0.15, -0.1) is 0 Å². The zero-order valence-electron chi connectivity index (χ0n) is 8.92. The molecule has 0 fully saturated rings. The van der Waals surface area contributed by atoms with Gasteiger partial charge in [0.25, 0.3) is 0 Å². The van der Waals surface area contributed by atoms with Crippen molar-refractivity contribution >= 4 is 17.9 Å². The van der Waals surface area contributed by atoms with Gasteiger partial charge >= 0.3 is 76.3 Å². The summed E-state index contributed by atoms with van der Waals surface area (Å²) >= 11 is 0. The van der Waals surface area contributed by atoms with Gasteiger partial charge in [-0.05, 0) is 20.8 Å². The summed E-state index contributed by atoms with van der Waals surface area (Å²) < 4.78 is 0. The van der Waals surface area contributed by atoms with Crippen LogP contribution in [-0.4, -0.2) is 34.3 Å². The Morgan fingerprint density at radius 2 is 0.588 bits per heavy atom. The number of carbonyl (C=O) groups is 3. The van der Waals surface area contributed by atoms with Crippen LogP contribution in [0.3, 0.4) is 0 Å². The summed E-state index contributed by atoms with van der Waals surface area (Å²) in [5.41, 5.74) is 0. The third-order valence-corrected chi connectivity index (χ3v) is 0. The smallest absolute Gasteiger partial charge is 0.870 e. The molecule has 110 valence electrons. The molecule has 0 amide bonds. The molecule has 0 aromatic heterocycles. The summed E-state index contributed by atoms with van der Waals surface area (Å²) in [7, 11) is 0. The van der Waals surface area contributed by atoms with Crippen LogP contribution in [-0.2, 0) is 14.4 Å². The molecule has 11 heteroatoms. The van der Waals surface area contributed by atoms with Crippen molar-refractivity contribution < 1.29 is 122 Å². The minimum atomic E-state index is -1.08. The molecule has 2 radical (unpaired) electrons. The monoisotopic (exact) mass is 556 g/mol. The van der Waals surface area contributed by atoms with Crippen molar-refractivity contribution in [3.05, 3.63) is 0 Å². The Labute approximate surface area is 159 Å². The van der Waals surface area contributed by atoms with Crippen LogP contribution in [0.1, 0.15) is 20.8 Å². The van der Waals surface area contributed by atoms with Gasteiger partial charge in [-0.2, -0.15) is 0 Å². The first-order valence-corrected chi connectivity index (χ1v) is 2.72. The van der Waals surface area contributed by atoms with Crippen LogP contribution in [0, 0.1) is 76.3 Å². The fourth-order valence-corrected chi connectivity index (χ4v) is 0. The van der Waals surface area contributed by atoms with Crippen LogP contribution in [0.15, 0.2) is 0 Å². The standard InChI is InChI=1S/3C2H4O2.2Dy.3H2O/c3*1-2(3)4;;;;;/h3*1H3,(H,3,4);;;3*1H2/q;;;2*+3;;;/p-6. The average molecular weight is 553 g/mol. The van der Waals surface area contributed by atoms with E-state index >= 15 is 0 Å². The Balaban J connectivity index is -0.0000000104. The van der Waals surface area contributed by atoms with E-state index in [2.05, 4.69) is 0 Å². The van der Waals surface area contributed by atoms with Crippen LogP contribution < -0.4 is 15.3 Å². The van der Waals surface area contributed by atoms with Gasteiger partial charge in [-0.3, -0.25) is 0 Å². The molecule has 0 spiro atoms. The van der Waals surface area contributed by atoms with Crippen molar-refractivity contribution in [3.8, 4) is 0 Å². The first kappa shape index (κ1) is 52.3. The Morgan fingerprint density at radius 1 is 0.588 bits per heavy atom. The predicted octanol–water partition coefficient (Wildman–Crippen LogP) is -4.26. The molecular formula is C6H12Dy2O9. The molecular weight excluding hydrogens is 541 g/mol. The van der Waals surface area contributed by atoms with Crippen molar-refractivity contribution in [2.75, 3.05) is 0 Å². The number of carboxylic acid groups (broad SMARTS) is 3. The van der Waals surface area contributed by atoms with Crippen LogP contribution in [0.2, 0.25) is 0 Å². The second-order valence-corrected chi connectivity index (χ2v) is 1.47. The molecule has 0 aliphatic heterocycles. The van der Waals surface area contributed by atoms with Gasteiger partial charge in [-0.25, -0.2) is 0 Å². The van der Waals surface area contributed by atoms with Gasteiger partial charge in [0.2, 0.25) is 0 Å². The van der Waals surface area contributed by atoms with Crippen LogP contribution in [0.25, 0.3) is 0 Å². The van der Waals surface area contributed by atoms with Gasteiger partial charge in [0.1, 0.15) is 0 Å². The van der Waals surface area contributed by atoms with Crippen molar-refractivity contribution in [2.24, 2.45) is 0 Å². The predicted molar refractivity (Wildman–Crippen MR) is 37.9 cm³/mol. The molecule has 0 rings (SSSR count). The van der Waals surface area contributed by atoms with E-state index in [4.69, 9.17) is 29.7 Å². The van der Waals surface area contributed by atoms with Gasteiger partial charge in [0.05, 0.1) is 0 Å². The normalized spacial score (nSPS) is 4.41. The molecule has 17 heavy (non-hydrogen) atoms. The fraction of sp³-hybridized carbons (Fsp3) is 0.500. The Hall–Kier alpha value is 0.835. The average Bonchev–Trinajstić information content (AvgIpc) is 1.54. The largest absolute Gasteiger partial charge is 3.00 e. The third kappa shape index (κ3) is 5310. The topological polar surface area (TPSA) is 210 Å². The van der Waals surface area contributed by atoms with Gasteiger partial charge in [0.15, 0.2) is 0 Å². The molecule has 3 N–H and O–H groups in total. The van der Waals surface area contributed by atoms with Crippen molar-refractivity contribution in [1.82, 2.24) is 0 Å². The minimum Gasteiger partial charge on any atom is -0.870 e. The number of hydrogen-bond donors (Lipinski definition) is 0. The molecule has 0 heterocycles. The maximum atomic E-state index is 8.89. The number of hydrogen-bond acceptors (Lipinski definition) is 9. The zero-order chi connectivity index (χ0) is 10.7.